The number of aromatic nitrogens is 3. The van der Waals surface area contributed by atoms with Gasteiger partial charge >= 0.3 is 0 Å². The maximum atomic E-state index is 12.5. The number of hydrogen-bond donors (Lipinski definition) is 1. The number of amides is 1. The lowest BCUT2D eigenvalue weighted by atomic mass is 10.3. The summed E-state index contributed by atoms with van der Waals surface area (Å²) < 4.78 is 14.1. The SMILES string of the molecule is NC(=O)c1ccn(Cc2ccc(F)nc2)n1. The number of pyridine rings is 1. The van der Waals surface area contributed by atoms with Crippen molar-refractivity contribution in [2.45, 2.75) is 6.54 Å². The average Bonchev–Trinajstić information content (AvgIpc) is 2.70. The van der Waals surface area contributed by atoms with Crippen LogP contribution in [0.2, 0.25) is 0 Å². The van der Waals surface area contributed by atoms with E-state index in [0.717, 1.165) is 5.56 Å². The molecule has 82 valence electrons. The van der Waals surface area contributed by atoms with Crippen molar-refractivity contribution in [3.63, 3.8) is 0 Å². The molecular formula is C10H9FN4O. The monoisotopic (exact) mass is 220 g/mol. The minimum atomic E-state index is -0.573. The maximum absolute atomic E-state index is 12.5. The van der Waals surface area contributed by atoms with E-state index in [1.54, 1.807) is 12.3 Å². The van der Waals surface area contributed by atoms with E-state index in [1.807, 2.05) is 0 Å². The topological polar surface area (TPSA) is 73.8 Å². The van der Waals surface area contributed by atoms with Crippen molar-refractivity contribution in [3.05, 3.63) is 47.8 Å². The van der Waals surface area contributed by atoms with Gasteiger partial charge < -0.3 is 5.73 Å². The van der Waals surface area contributed by atoms with E-state index in [2.05, 4.69) is 10.1 Å². The van der Waals surface area contributed by atoms with Crippen LogP contribution in [0.15, 0.2) is 30.6 Å². The minimum absolute atomic E-state index is 0.204. The van der Waals surface area contributed by atoms with E-state index < -0.39 is 11.9 Å². The smallest absolute Gasteiger partial charge is 0.269 e. The Kier molecular flexibility index (Phi) is 2.63. The zero-order valence-electron chi connectivity index (χ0n) is 8.30. The predicted octanol–water partition coefficient (Wildman–Crippen LogP) is 0.564. The number of carbonyl (C=O) groups is 1. The molecule has 0 aliphatic heterocycles. The molecule has 0 saturated carbocycles. The Balaban J connectivity index is 2.14. The van der Waals surface area contributed by atoms with Gasteiger partial charge in [-0.25, -0.2) is 4.98 Å². The van der Waals surface area contributed by atoms with Gasteiger partial charge in [0.25, 0.3) is 5.91 Å². The molecule has 2 heterocycles. The minimum Gasteiger partial charge on any atom is -0.364 e. The molecule has 2 rings (SSSR count). The molecule has 0 fully saturated rings. The summed E-state index contributed by atoms with van der Waals surface area (Å²) in [6, 6.07) is 4.40. The number of primary amides is 1. The first-order valence-corrected chi connectivity index (χ1v) is 4.59. The van der Waals surface area contributed by atoms with Gasteiger partial charge in [-0.05, 0) is 17.7 Å². The lowest BCUT2D eigenvalue weighted by Gasteiger charge is -2.00. The van der Waals surface area contributed by atoms with Crippen LogP contribution in [0.4, 0.5) is 4.39 Å². The Morgan fingerprint density at radius 1 is 1.44 bits per heavy atom. The zero-order valence-corrected chi connectivity index (χ0v) is 8.30. The molecule has 0 aliphatic carbocycles. The second-order valence-corrected chi connectivity index (χ2v) is 3.25. The normalized spacial score (nSPS) is 10.3. The van der Waals surface area contributed by atoms with Crippen molar-refractivity contribution in [3.8, 4) is 0 Å². The lowest BCUT2D eigenvalue weighted by Crippen LogP contribution is -2.12. The number of carbonyl (C=O) groups excluding carboxylic acids is 1. The Hall–Kier alpha value is -2.24. The van der Waals surface area contributed by atoms with Crippen LogP contribution in [0.25, 0.3) is 0 Å². The molecular weight excluding hydrogens is 211 g/mol. The number of nitrogens with two attached hydrogens (primary N) is 1. The Morgan fingerprint density at radius 2 is 2.25 bits per heavy atom. The molecule has 0 aliphatic rings. The molecule has 0 unspecified atom stereocenters. The lowest BCUT2D eigenvalue weighted by molar-refractivity contribution is 0.0995. The molecule has 5 nitrogen and oxygen atoms in total. The fourth-order valence-corrected chi connectivity index (χ4v) is 1.27. The van der Waals surface area contributed by atoms with Crippen LogP contribution in [0.3, 0.4) is 0 Å². The molecule has 0 bridgehead atoms. The first kappa shape index (κ1) is 10.3. The standard InChI is InChI=1S/C10H9FN4O/c11-9-2-1-7(5-13-9)6-15-4-3-8(14-15)10(12)16/h1-5H,6H2,(H2,12,16). The van der Waals surface area contributed by atoms with E-state index in [9.17, 15) is 9.18 Å². The van der Waals surface area contributed by atoms with E-state index in [-0.39, 0.29) is 5.69 Å². The fourth-order valence-electron chi connectivity index (χ4n) is 1.27. The van der Waals surface area contributed by atoms with Gasteiger partial charge in [-0.15, -0.1) is 0 Å². The van der Waals surface area contributed by atoms with Crippen molar-refractivity contribution >= 4 is 5.91 Å². The highest BCUT2D eigenvalue weighted by Crippen LogP contribution is 2.02. The maximum Gasteiger partial charge on any atom is 0.269 e. The Morgan fingerprint density at radius 3 is 2.81 bits per heavy atom. The highest BCUT2D eigenvalue weighted by molar-refractivity contribution is 5.90. The second-order valence-electron chi connectivity index (χ2n) is 3.25. The predicted molar refractivity (Wildman–Crippen MR) is 54.0 cm³/mol. The quantitative estimate of drug-likeness (QED) is 0.768. The number of nitrogens with zero attached hydrogens (tertiary/aromatic N) is 3. The van der Waals surface area contributed by atoms with Crippen molar-refractivity contribution < 1.29 is 9.18 Å². The first-order chi connectivity index (χ1) is 7.65. The van der Waals surface area contributed by atoms with Crippen molar-refractivity contribution in [2.24, 2.45) is 5.73 Å². The van der Waals surface area contributed by atoms with Crippen molar-refractivity contribution in [1.29, 1.82) is 0 Å². The molecule has 2 aromatic heterocycles. The van der Waals surface area contributed by atoms with Crippen LogP contribution in [0.1, 0.15) is 16.1 Å². The largest absolute Gasteiger partial charge is 0.364 e. The van der Waals surface area contributed by atoms with Gasteiger partial charge in [-0.2, -0.15) is 9.49 Å². The third-order valence-corrected chi connectivity index (χ3v) is 2.03. The molecule has 6 heteroatoms. The summed E-state index contributed by atoms with van der Waals surface area (Å²) in [7, 11) is 0. The Bertz CT molecular complexity index is 506. The number of rotatable bonds is 3. The van der Waals surface area contributed by atoms with E-state index in [0.29, 0.717) is 6.54 Å². The highest BCUT2D eigenvalue weighted by atomic mass is 19.1. The Labute approximate surface area is 90.7 Å². The molecule has 0 saturated heterocycles. The van der Waals surface area contributed by atoms with Crippen LogP contribution >= 0.6 is 0 Å². The van der Waals surface area contributed by atoms with Gasteiger partial charge in [0, 0.05) is 12.4 Å². The summed E-state index contributed by atoms with van der Waals surface area (Å²) in [6.45, 7) is 0.417. The van der Waals surface area contributed by atoms with Gasteiger partial charge in [0.15, 0.2) is 0 Å². The van der Waals surface area contributed by atoms with Gasteiger partial charge in [-0.3, -0.25) is 9.48 Å². The molecule has 16 heavy (non-hydrogen) atoms. The molecule has 0 radical (unpaired) electrons. The molecule has 1 amide bonds. The van der Waals surface area contributed by atoms with Crippen LogP contribution in [-0.4, -0.2) is 20.7 Å². The van der Waals surface area contributed by atoms with Crippen LogP contribution in [0, 0.1) is 5.95 Å². The molecule has 0 aromatic carbocycles. The van der Waals surface area contributed by atoms with E-state index in [1.165, 1.54) is 23.0 Å². The van der Waals surface area contributed by atoms with Gasteiger partial charge in [0.2, 0.25) is 5.95 Å². The van der Waals surface area contributed by atoms with Crippen LogP contribution in [0.5, 0.6) is 0 Å². The molecule has 2 N–H and O–H groups in total. The van der Waals surface area contributed by atoms with Crippen LogP contribution < -0.4 is 5.73 Å². The van der Waals surface area contributed by atoms with E-state index >= 15 is 0 Å². The van der Waals surface area contributed by atoms with E-state index in [4.69, 9.17) is 5.73 Å². The summed E-state index contributed by atoms with van der Waals surface area (Å²) in [5, 5.41) is 3.95. The number of hydrogen-bond acceptors (Lipinski definition) is 3. The number of halogens is 1. The zero-order chi connectivity index (χ0) is 11.5. The first-order valence-electron chi connectivity index (χ1n) is 4.59. The summed E-state index contributed by atoms with van der Waals surface area (Å²) in [6.07, 6.45) is 3.05. The van der Waals surface area contributed by atoms with Gasteiger partial charge in [0.05, 0.1) is 6.54 Å². The summed E-state index contributed by atoms with van der Waals surface area (Å²) in [5.41, 5.74) is 6.06. The highest BCUT2D eigenvalue weighted by Gasteiger charge is 2.04. The molecule has 0 atom stereocenters. The second kappa shape index (κ2) is 4.09. The van der Waals surface area contributed by atoms with Crippen molar-refractivity contribution in [2.75, 3.05) is 0 Å². The summed E-state index contributed by atoms with van der Waals surface area (Å²) >= 11 is 0. The molecule has 0 spiro atoms. The van der Waals surface area contributed by atoms with Crippen LogP contribution in [-0.2, 0) is 6.54 Å². The summed E-state index contributed by atoms with van der Waals surface area (Å²) in [5.74, 6) is -1.10. The van der Waals surface area contributed by atoms with Crippen molar-refractivity contribution in [1.82, 2.24) is 14.8 Å². The third kappa shape index (κ3) is 2.22. The summed E-state index contributed by atoms with van der Waals surface area (Å²) in [4.78, 5) is 14.3. The van der Waals surface area contributed by atoms with Gasteiger partial charge in [0.1, 0.15) is 5.69 Å². The van der Waals surface area contributed by atoms with Gasteiger partial charge in [-0.1, -0.05) is 6.07 Å². The third-order valence-electron chi connectivity index (χ3n) is 2.03. The molecule has 2 aromatic rings. The fraction of sp³-hybridized carbons (Fsp3) is 0.100. The average molecular weight is 220 g/mol.